The predicted octanol–water partition coefficient (Wildman–Crippen LogP) is 6.79. The lowest BCUT2D eigenvalue weighted by Crippen LogP contribution is -1.94. The molecule has 0 bridgehead atoms. The largest absolute Gasteiger partial charge is 0.504 e. The number of phenolic OH excluding ortho intramolecular Hbond substituents is 4. The van der Waals surface area contributed by atoms with Gasteiger partial charge >= 0.3 is 0 Å². The van der Waals surface area contributed by atoms with Gasteiger partial charge in [0.05, 0.1) is 25.8 Å². The molecule has 5 aromatic rings. The highest BCUT2D eigenvalue weighted by atomic mass is 32.1. The van der Waals surface area contributed by atoms with E-state index in [4.69, 9.17) is 0 Å². The van der Waals surface area contributed by atoms with E-state index in [2.05, 4.69) is 24.4 Å². The van der Waals surface area contributed by atoms with Crippen molar-refractivity contribution in [2.75, 3.05) is 0 Å². The fourth-order valence-electron chi connectivity index (χ4n) is 4.57. The molecule has 0 saturated heterocycles. The van der Waals surface area contributed by atoms with Crippen LogP contribution in [-0.4, -0.2) is 31.7 Å². The highest BCUT2D eigenvalue weighted by Gasteiger charge is 2.24. The topological polar surface area (TPSA) is 98.2 Å². The monoisotopic (exact) mass is 470 g/mol. The fraction of sp³-hybridized carbons (Fsp3) is 0.0741. The smallest absolute Gasteiger partial charge is 0.205 e. The number of aromatic nitrogens is 1. The summed E-state index contributed by atoms with van der Waals surface area (Å²) in [6.07, 6.45) is 7.73. The van der Waals surface area contributed by atoms with Crippen molar-refractivity contribution in [1.82, 2.24) is 4.57 Å². The SMILES string of the molecule is C=C/C=C(\C=C/C)c1ccc2c(c1)c1ccc3c(sc4c(O)c(O)c(O)c(O)c43)c1n2CN=C. The number of fused-ring (bicyclic) bond motifs is 7. The molecule has 0 fully saturated rings. The van der Waals surface area contributed by atoms with E-state index in [-0.39, 0.29) is 0 Å². The molecule has 0 spiro atoms. The first-order valence-corrected chi connectivity index (χ1v) is 11.4. The van der Waals surface area contributed by atoms with Gasteiger partial charge in [-0.1, -0.05) is 49.1 Å². The van der Waals surface area contributed by atoms with Crippen LogP contribution in [0.1, 0.15) is 12.5 Å². The molecule has 5 rings (SSSR count). The van der Waals surface area contributed by atoms with Gasteiger partial charge < -0.3 is 25.0 Å². The zero-order valence-electron chi connectivity index (χ0n) is 18.4. The predicted molar refractivity (Wildman–Crippen MR) is 142 cm³/mol. The lowest BCUT2D eigenvalue weighted by Gasteiger charge is -2.06. The molecule has 0 saturated carbocycles. The molecule has 0 radical (unpaired) electrons. The number of aliphatic imine (C=N–C) groups is 1. The molecular weight excluding hydrogens is 448 g/mol. The van der Waals surface area contributed by atoms with Gasteiger partial charge in [0.15, 0.2) is 11.5 Å². The maximum absolute atomic E-state index is 10.6. The number of aromatic hydroxyl groups is 4. The third-order valence-electron chi connectivity index (χ3n) is 6.02. The van der Waals surface area contributed by atoms with E-state index in [1.54, 1.807) is 6.08 Å². The van der Waals surface area contributed by atoms with Gasteiger partial charge in [-0.2, -0.15) is 0 Å². The second-order valence-electron chi connectivity index (χ2n) is 7.92. The first-order chi connectivity index (χ1) is 16.4. The van der Waals surface area contributed by atoms with Crippen molar-refractivity contribution in [3.8, 4) is 23.0 Å². The van der Waals surface area contributed by atoms with Crippen molar-refractivity contribution in [2.45, 2.75) is 13.6 Å². The summed E-state index contributed by atoms with van der Waals surface area (Å²) in [5.74, 6) is -2.41. The van der Waals surface area contributed by atoms with Crippen LogP contribution in [0.15, 0.2) is 66.2 Å². The number of allylic oxidation sites excluding steroid dienone is 5. The Labute approximate surface area is 199 Å². The van der Waals surface area contributed by atoms with Crippen LogP contribution in [-0.2, 0) is 6.67 Å². The maximum atomic E-state index is 10.6. The molecule has 4 N–H and O–H groups in total. The molecule has 34 heavy (non-hydrogen) atoms. The highest BCUT2D eigenvalue weighted by molar-refractivity contribution is 7.27. The molecule has 170 valence electrons. The van der Waals surface area contributed by atoms with E-state index in [9.17, 15) is 20.4 Å². The third-order valence-corrected chi connectivity index (χ3v) is 7.24. The quantitative estimate of drug-likeness (QED) is 0.0984. The Morgan fingerprint density at radius 3 is 2.41 bits per heavy atom. The first-order valence-electron chi connectivity index (χ1n) is 10.6. The number of phenols is 4. The maximum Gasteiger partial charge on any atom is 0.205 e. The summed E-state index contributed by atoms with van der Waals surface area (Å²) < 4.78 is 3.13. The number of benzene rings is 3. The normalized spacial score (nSPS) is 12.6. The van der Waals surface area contributed by atoms with Crippen molar-refractivity contribution in [2.24, 2.45) is 4.99 Å². The number of hydrogen-bond donors (Lipinski definition) is 4. The van der Waals surface area contributed by atoms with Crippen molar-refractivity contribution in [3.05, 3.63) is 66.8 Å². The van der Waals surface area contributed by atoms with E-state index in [1.165, 1.54) is 11.3 Å². The minimum atomic E-state index is -0.742. The summed E-state index contributed by atoms with van der Waals surface area (Å²) in [5.41, 5.74) is 3.91. The van der Waals surface area contributed by atoms with Crippen molar-refractivity contribution < 1.29 is 20.4 Å². The number of rotatable bonds is 5. The molecule has 0 atom stereocenters. The molecule has 0 unspecified atom stereocenters. The molecular formula is C27H22N2O4S. The van der Waals surface area contributed by atoms with Gasteiger partial charge in [-0.3, -0.25) is 4.99 Å². The van der Waals surface area contributed by atoms with Crippen molar-refractivity contribution in [3.63, 3.8) is 0 Å². The summed E-state index contributed by atoms with van der Waals surface area (Å²) in [5, 5.41) is 44.1. The molecule has 0 aliphatic carbocycles. The van der Waals surface area contributed by atoms with Gasteiger partial charge in [-0.15, -0.1) is 11.3 Å². The van der Waals surface area contributed by atoms with Gasteiger partial charge in [0, 0.05) is 16.2 Å². The molecule has 0 aliphatic heterocycles. The number of nitrogens with zero attached hydrogens (tertiary/aromatic N) is 2. The molecule has 2 heterocycles. The Hall–Kier alpha value is -4.23. The zero-order valence-corrected chi connectivity index (χ0v) is 19.2. The van der Waals surface area contributed by atoms with Crippen LogP contribution in [0.5, 0.6) is 23.0 Å². The lowest BCUT2D eigenvalue weighted by molar-refractivity contribution is 0.351. The Morgan fingerprint density at radius 1 is 0.971 bits per heavy atom. The summed E-state index contributed by atoms with van der Waals surface area (Å²) >= 11 is 1.24. The Kier molecular flexibility index (Phi) is 5.06. The van der Waals surface area contributed by atoms with Crippen LogP contribution in [0.3, 0.4) is 0 Å². The van der Waals surface area contributed by atoms with E-state index in [0.29, 0.717) is 22.1 Å². The number of thiophene rings is 1. The van der Waals surface area contributed by atoms with Crippen LogP contribution in [0, 0.1) is 0 Å². The molecule has 7 heteroatoms. The highest BCUT2D eigenvalue weighted by Crippen LogP contribution is 2.55. The van der Waals surface area contributed by atoms with Crippen LogP contribution in [0.25, 0.3) is 47.6 Å². The summed E-state index contributed by atoms with van der Waals surface area (Å²) in [6.45, 7) is 9.78. The Bertz CT molecular complexity index is 1720. The van der Waals surface area contributed by atoms with Crippen LogP contribution < -0.4 is 0 Å². The second-order valence-corrected chi connectivity index (χ2v) is 8.94. The summed E-state index contributed by atoms with van der Waals surface area (Å²) in [6, 6.07) is 10.0. The van der Waals surface area contributed by atoms with Gasteiger partial charge in [0.25, 0.3) is 0 Å². The average molecular weight is 471 g/mol. The molecule has 0 aliphatic rings. The van der Waals surface area contributed by atoms with Crippen molar-refractivity contribution in [1.29, 1.82) is 0 Å². The van der Waals surface area contributed by atoms with E-state index in [0.717, 1.165) is 37.6 Å². The standard InChI is InChI=1S/C27H22N2O4S/c1-4-6-14(7-5-2)15-8-11-19-18(12-15)16-9-10-17-20-22(30)23(31)24(32)25(33)27(20)34-26(17)21(16)29(19)13-28-3/h4-12,30-33H,1,3,13H2,2H3/b7-5-,14-6+. The van der Waals surface area contributed by atoms with Crippen LogP contribution in [0.2, 0.25) is 0 Å². The fourth-order valence-corrected chi connectivity index (χ4v) is 5.88. The van der Waals surface area contributed by atoms with Gasteiger partial charge in [0.2, 0.25) is 11.5 Å². The van der Waals surface area contributed by atoms with Gasteiger partial charge in [0.1, 0.15) is 6.67 Å². The van der Waals surface area contributed by atoms with Crippen LogP contribution in [0.4, 0.5) is 0 Å². The summed E-state index contributed by atoms with van der Waals surface area (Å²) in [7, 11) is 0. The van der Waals surface area contributed by atoms with E-state index >= 15 is 0 Å². The number of hydrogen-bond acceptors (Lipinski definition) is 6. The van der Waals surface area contributed by atoms with Crippen LogP contribution >= 0.6 is 11.3 Å². The lowest BCUT2D eigenvalue weighted by atomic mass is 10.0. The minimum Gasteiger partial charge on any atom is -0.504 e. The zero-order chi connectivity index (χ0) is 24.1. The molecule has 6 nitrogen and oxygen atoms in total. The minimum absolute atomic E-state index is 0.294. The Balaban J connectivity index is 1.95. The van der Waals surface area contributed by atoms with Gasteiger partial charge in [-0.25, -0.2) is 0 Å². The molecule has 2 aromatic heterocycles. The van der Waals surface area contributed by atoms with Crippen molar-refractivity contribution >= 4 is 65.6 Å². The average Bonchev–Trinajstić information content (AvgIpc) is 3.37. The summed E-state index contributed by atoms with van der Waals surface area (Å²) in [4.78, 5) is 4.12. The van der Waals surface area contributed by atoms with E-state index < -0.39 is 23.0 Å². The van der Waals surface area contributed by atoms with Gasteiger partial charge in [-0.05, 0) is 36.9 Å². The third kappa shape index (κ3) is 2.90. The van der Waals surface area contributed by atoms with E-state index in [1.807, 2.05) is 54.0 Å². The first kappa shape index (κ1) is 21.6. The second kappa shape index (κ2) is 7.97. The molecule has 3 aromatic carbocycles. The molecule has 0 amide bonds. The Morgan fingerprint density at radius 2 is 1.71 bits per heavy atom.